The first-order valence-corrected chi connectivity index (χ1v) is 9.28. The van der Waals surface area contributed by atoms with E-state index in [9.17, 15) is 24.3 Å². The number of methoxy groups -OCH3 is 1. The van der Waals surface area contributed by atoms with E-state index in [4.69, 9.17) is 0 Å². The molecule has 8 heteroatoms. The Bertz CT molecular complexity index is 934. The molecule has 0 aromatic heterocycles. The minimum absolute atomic E-state index is 0.0247. The molecule has 0 unspecified atom stereocenters. The highest BCUT2D eigenvalue weighted by molar-refractivity contribution is 6.25. The van der Waals surface area contributed by atoms with Gasteiger partial charge in [0.1, 0.15) is 0 Å². The molecule has 152 valence electrons. The second-order valence-corrected chi connectivity index (χ2v) is 6.88. The van der Waals surface area contributed by atoms with Crippen LogP contribution in [0.5, 0.6) is 0 Å². The van der Waals surface area contributed by atoms with E-state index in [1.807, 2.05) is 12.1 Å². The summed E-state index contributed by atoms with van der Waals surface area (Å²) in [5.41, 5.74) is 0.920. The molecule has 0 radical (unpaired) electrons. The number of carbonyl (C=O) groups excluding carboxylic acids is 4. The van der Waals surface area contributed by atoms with Crippen molar-refractivity contribution in [1.29, 1.82) is 0 Å². The molecular formula is C21H22N2O6. The van der Waals surface area contributed by atoms with E-state index in [-0.39, 0.29) is 19.4 Å². The van der Waals surface area contributed by atoms with Crippen molar-refractivity contribution < 1.29 is 29.0 Å². The molecule has 0 saturated heterocycles. The Hall–Kier alpha value is -3.26. The largest absolute Gasteiger partial charge is 0.467 e. The third kappa shape index (κ3) is 3.97. The Labute approximate surface area is 167 Å². The van der Waals surface area contributed by atoms with E-state index in [2.05, 4.69) is 10.1 Å². The van der Waals surface area contributed by atoms with Crippen molar-refractivity contribution in [2.45, 2.75) is 31.9 Å². The van der Waals surface area contributed by atoms with Crippen LogP contribution < -0.4 is 5.32 Å². The van der Waals surface area contributed by atoms with Gasteiger partial charge in [0.05, 0.1) is 13.2 Å². The van der Waals surface area contributed by atoms with Crippen LogP contribution in [0.1, 0.15) is 40.5 Å². The van der Waals surface area contributed by atoms with Crippen LogP contribution in [-0.2, 0) is 14.3 Å². The summed E-state index contributed by atoms with van der Waals surface area (Å²) in [4.78, 5) is 50.5. The molecule has 29 heavy (non-hydrogen) atoms. The zero-order valence-corrected chi connectivity index (χ0v) is 16.2. The van der Waals surface area contributed by atoms with Gasteiger partial charge in [0.2, 0.25) is 5.91 Å². The number of hydrogen-bond donors (Lipinski definition) is 2. The minimum atomic E-state index is -1.17. The zero-order valence-electron chi connectivity index (χ0n) is 16.2. The average Bonchev–Trinajstić information content (AvgIpc) is 2.71. The van der Waals surface area contributed by atoms with E-state index >= 15 is 0 Å². The predicted molar refractivity (Wildman–Crippen MR) is 104 cm³/mol. The highest BCUT2D eigenvalue weighted by Crippen LogP contribution is 2.30. The fraction of sp³-hybridized carbons (Fsp3) is 0.333. The lowest BCUT2D eigenvalue weighted by Gasteiger charge is -2.27. The third-order valence-electron chi connectivity index (χ3n) is 4.90. The molecule has 1 heterocycles. The molecule has 1 aliphatic heterocycles. The van der Waals surface area contributed by atoms with E-state index in [0.29, 0.717) is 16.5 Å². The van der Waals surface area contributed by atoms with Crippen molar-refractivity contribution in [3.8, 4) is 0 Å². The summed E-state index contributed by atoms with van der Waals surface area (Å²) in [5, 5.41) is 13.5. The van der Waals surface area contributed by atoms with Crippen molar-refractivity contribution in [2.75, 3.05) is 13.7 Å². The summed E-state index contributed by atoms with van der Waals surface area (Å²) < 4.78 is 4.55. The van der Waals surface area contributed by atoms with Gasteiger partial charge in [-0.1, -0.05) is 24.3 Å². The highest BCUT2D eigenvalue weighted by Gasteiger charge is 2.32. The van der Waals surface area contributed by atoms with Gasteiger partial charge in [-0.2, -0.15) is 0 Å². The maximum absolute atomic E-state index is 12.8. The number of carbonyl (C=O) groups is 4. The standard InChI is InChI=1S/C21H22N2O6/c1-12(24)18(21(28)29-2)22-16(25)10-5-11-23-19(26)14-8-3-6-13-7-4-9-15(17(13)14)20(23)27/h3-4,6-9,12,18,24H,5,10-11H2,1-2H3,(H,22,25)/t12-,18+/m1/s1. The summed E-state index contributed by atoms with van der Waals surface area (Å²) in [6, 6.07) is 9.43. The lowest BCUT2D eigenvalue weighted by molar-refractivity contribution is -0.148. The minimum Gasteiger partial charge on any atom is -0.467 e. The summed E-state index contributed by atoms with van der Waals surface area (Å²) in [6.07, 6.45) is -0.924. The van der Waals surface area contributed by atoms with Gasteiger partial charge in [-0.25, -0.2) is 4.79 Å². The van der Waals surface area contributed by atoms with Crippen molar-refractivity contribution >= 4 is 34.5 Å². The summed E-state index contributed by atoms with van der Waals surface area (Å²) >= 11 is 0. The Balaban J connectivity index is 1.66. The van der Waals surface area contributed by atoms with Gasteiger partial charge in [-0.3, -0.25) is 19.3 Å². The number of aliphatic hydroxyl groups is 1. The van der Waals surface area contributed by atoms with E-state index in [0.717, 1.165) is 17.4 Å². The molecule has 2 aromatic carbocycles. The number of esters is 1. The fourth-order valence-electron chi connectivity index (χ4n) is 3.43. The van der Waals surface area contributed by atoms with Crippen LogP contribution in [0.3, 0.4) is 0 Å². The number of hydrogen-bond acceptors (Lipinski definition) is 6. The molecule has 1 aliphatic rings. The quantitative estimate of drug-likeness (QED) is 0.536. The Morgan fingerprint density at radius 1 is 1.10 bits per heavy atom. The van der Waals surface area contributed by atoms with Gasteiger partial charge in [-0.15, -0.1) is 0 Å². The Morgan fingerprint density at radius 3 is 2.21 bits per heavy atom. The lowest BCUT2D eigenvalue weighted by atomic mass is 9.94. The number of benzene rings is 2. The van der Waals surface area contributed by atoms with Crippen LogP contribution in [0.4, 0.5) is 0 Å². The van der Waals surface area contributed by atoms with Crippen molar-refractivity contribution in [1.82, 2.24) is 10.2 Å². The Morgan fingerprint density at radius 2 is 1.69 bits per heavy atom. The second-order valence-electron chi connectivity index (χ2n) is 6.88. The molecule has 0 bridgehead atoms. The second kappa shape index (κ2) is 8.40. The number of amides is 3. The van der Waals surface area contributed by atoms with Crippen molar-refractivity contribution in [2.24, 2.45) is 0 Å². The fourth-order valence-corrected chi connectivity index (χ4v) is 3.43. The molecular weight excluding hydrogens is 376 g/mol. The molecule has 3 amide bonds. The van der Waals surface area contributed by atoms with Crippen LogP contribution in [-0.4, -0.2) is 59.5 Å². The first-order valence-electron chi connectivity index (χ1n) is 9.28. The number of aliphatic hydroxyl groups excluding tert-OH is 1. The maximum Gasteiger partial charge on any atom is 0.331 e. The molecule has 0 spiro atoms. The molecule has 2 aromatic rings. The first-order chi connectivity index (χ1) is 13.8. The SMILES string of the molecule is COC(=O)[C@@H](NC(=O)CCCN1C(=O)c2cccc3cccc(c23)C1=O)[C@@H](C)O. The van der Waals surface area contributed by atoms with Crippen LogP contribution in [0.15, 0.2) is 36.4 Å². The van der Waals surface area contributed by atoms with E-state index in [1.54, 1.807) is 24.3 Å². The predicted octanol–water partition coefficient (Wildman–Crippen LogP) is 1.25. The molecule has 0 aliphatic carbocycles. The van der Waals surface area contributed by atoms with Gasteiger partial charge in [-0.05, 0) is 30.9 Å². The Kier molecular flexibility index (Phi) is 5.93. The molecule has 2 N–H and O–H groups in total. The zero-order chi connectivity index (χ0) is 21.1. The number of ether oxygens (including phenoxy) is 1. The van der Waals surface area contributed by atoms with Crippen molar-refractivity contribution in [3.63, 3.8) is 0 Å². The number of rotatable bonds is 7. The first kappa shape index (κ1) is 20.5. The van der Waals surface area contributed by atoms with Crippen LogP contribution in [0.25, 0.3) is 10.8 Å². The lowest BCUT2D eigenvalue weighted by Crippen LogP contribution is -2.48. The number of nitrogens with zero attached hydrogens (tertiary/aromatic N) is 1. The molecule has 8 nitrogen and oxygen atoms in total. The number of imide groups is 1. The van der Waals surface area contributed by atoms with Crippen LogP contribution in [0.2, 0.25) is 0 Å². The summed E-state index contributed by atoms with van der Waals surface area (Å²) in [7, 11) is 1.16. The number of nitrogens with one attached hydrogen (secondary N) is 1. The molecule has 0 fully saturated rings. The maximum atomic E-state index is 12.8. The smallest absolute Gasteiger partial charge is 0.331 e. The van der Waals surface area contributed by atoms with Crippen LogP contribution in [0, 0.1) is 0 Å². The molecule has 2 atom stereocenters. The van der Waals surface area contributed by atoms with Gasteiger partial charge >= 0.3 is 5.97 Å². The van der Waals surface area contributed by atoms with Gasteiger partial charge < -0.3 is 15.2 Å². The third-order valence-corrected chi connectivity index (χ3v) is 4.90. The van der Waals surface area contributed by atoms with E-state index in [1.165, 1.54) is 6.92 Å². The van der Waals surface area contributed by atoms with Gasteiger partial charge in [0.15, 0.2) is 6.04 Å². The average molecular weight is 398 g/mol. The van der Waals surface area contributed by atoms with Gasteiger partial charge in [0, 0.05) is 29.5 Å². The van der Waals surface area contributed by atoms with Crippen molar-refractivity contribution in [3.05, 3.63) is 47.5 Å². The normalized spacial score (nSPS) is 15.2. The monoisotopic (exact) mass is 398 g/mol. The van der Waals surface area contributed by atoms with Crippen LogP contribution >= 0.6 is 0 Å². The summed E-state index contributed by atoms with van der Waals surface area (Å²) in [6.45, 7) is 1.43. The van der Waals surface area contributed by atoms with E-state index < -0.39 is 35.8 Å². The highest BCUT2D eigenvalue weighted by atomic mass is 16.5. The summed E-state index contributed by atoms with van der Waals surface area (Å²) in [5.74, 6) is -2.02. The molecule has 3 rings (SSSR count). The molecule has 0 saturated carbocycles. The topological polar surface area (TPSA) is 113 Å². The van der Waals surface area contributed by atoms with Gasteiger partial charge in [0.25, 0.3) is 11.8 Å².